The van der Waals surface area contributed by atoms with Gasteiger partial charge in [-0.15, -0.1) is 0 Å². The minimum absolute atomic E-state index is 0.482. The number of nitrogens with one attached hydrogen (secondary N) is 1. The van der Waals surface area contributed by atoms with Gasteiger partial charge >= 0.3 is 0 Å². The Hall–Kier alpha value is -3.69. The van der Waals surface area contributed by atoms with E-state index in [1.54, 1.807) is 6.20 Å². The minimum atomic E-state index is 0.482. The number of fused-ring (bicyclic) bond motifs is 3. The molecule has 36 heavy (non-hydrogen) atoms. The molecular weight excluding hydrogens is 454 g/mol. The fourth-order valence-electron chi connectivity index (χ4n) is 5.41. The third kappa shape index (κ3) is 4.04. The molecule has 3 aliphatic heterocycles. The molecule has 1 aromatic carbocycles. The lowest BCUT2D eigenvalue weighted by Crippen LogP contribution is -2.58. The molecule has 9 nitrogen and oxygen atoms in total. The molecule has 7 rings (SSSR count). The molecule has 9 heteroatoms. The van der Waals surface area contributed by atoms with Gasteiger partial charge in [0.15, 0.2) is 11.5 Å². The summed E-state index contributed by atoms with van der Waals surface area (Å²) in [5, 5.41) is 3.49. The molecule has 3 aromatic heterocycles. The number of aromatic nitrogens is 4. The number of ether oxygens (including phenoxy) is 2. The second-order valence-electron chi connectivity index (χ2n) is 9.66. The first-order valence-electron chi connectivity index (χ1n) is 12.7. The number of pyridine rings is 1. The third-order valence-corrected chi connectivity index (χ3v) is 7.36. The Balaban J connectivity index is 1.14. The Morgan fingerprint density at radius 3 is 2.92 bits per heavy atom. The van der Waals surface area contributed by atoms with Crippen LogP contribution in [0.3, 0.4) is 0 Å². The summed E-state index contributed by atoms with van der Waals surface area (Å²) >= 11 is 0. The number of rotatable bonds is 4. The van der Waals surface area contributed by atoms with Gasteiger partial charge in [-0.3, -0.25) is 4.90 Å². The van der Waals surface area contributed by atoms with Crippen LogP contribution < -0.4 is 15.0 Å². The van der Waals surface area contributed by atoms with E-state index >= 15 is 0 Å². The van der Waals surface area contributed by atoms with Crippen LogP contribution in [0.2, 0.25) is 0 Å². The number of piperazine rings is 1. The van der Waals surface area contributed by atoms with Crippen molar-refractivity contribution in [1.82, 2.24) is 24.3 Å². The van der Waals surface area contributed by atoms with Crippen molar-refractivity contribution in [3.63, 3.8) is 0 Å². The summed E-state index contributed by atoms with van der Waals surface area (Å²) in [5.41, 5.74) is 5.94. The number of benzene rings is 1. The molecule has 184 valence electrons. The van der Waals surface area contributed by atoms with Crippen LogP contribution in [0.1, 0.15) is 12.0 Å². The molecule has 4 aromatic rings. The molecule has 0 spiro atoms. The minimum Gasteiger partial charge on any atom is -0.477 e. The summed E-state index contributed by atoms with van der Waals surface area (Å²) in [6.07, 6.45) is 9.56. The smallest absolute Gasteiger partial charge is 0.216 e. The van der Waals surface area contributed by atoms with Crippen LogP contribution in [-0.4, -0.2) is 76.3 Å². The predicted molar refractivity (Wildman–Crippen MR) is 138 cm³/mol. The van der Waals surface area contributed by atoms with Crippen molar-refractivity contribution in [2.45, 2.75) is 18.9 Å². The number of imidazole rings is 1. The maximum Gasteiger partial charge on any atom is 0.216 e. The molecule has 1 N–H and O–H groups in total. The second-order valence-corrected chi connectivity index (χ2v) is 9.66. The Bertz CT molecular complexity index is 1390. The topological polar surface area (TPSA) is 80.1 Å². The quantitative estimate of drug-likeness (QED) is 0.473. The van der Waals surface area contributed by atoms with E-state index in [-0.39, 0.29) is 0 Å². The van der Waals surface area contributed by atoms with Gasteiger partial charge < -0.3 is 24.1 Å². The Labute approximate surface area is 209 Å². The Morgan fingerprint density at radius 1 is 1.03 bits per heavy atom. The summed E-state index contributed by atoms with van der Waals surface area (Å²) < 4.78 is 13.4. The molecule has 0 amide bonds. The monoisotopic (exact) mass is 483 g/mol. The molecule has 6 heterocycles. The third-order valence-electron chi connectivity index (χ3n) is 7.36. The molecule has 0 saturated carbocycles. The van der Waals surface area contributed by atoms with Crippen molar-refractivity contribution in [3.8, 4) is 17.1 Å². The molecule has 2 saturated heterocycles. The summed E-state index contributed by atoms with van der Waals surface area (Å²) in [4.78, 5) is 19.0. The highest BCUT2D eigenvalue weighted by Crippen LogP contribution is 2.30. The number of anilines is 3. The molecule has 0 aliphatic carbocycles. The van der Waals surface area contributed by atoms with E-state index in [0.717, 1.165) is 92.9 Å². The molecule has 1 atom stereocenters. The lowest BCUT2D eigenvalue weighted by molar-refractivity contribution is -0.0116. The van der Waals surface area contributed by atoms with Crippen molar-refractivity contribution < 1.29 is 9.47 Å². The first-order valence-corrected chi connectivity index (χ1v) is 12.7. The van der Waals surface area contributed by atoms with Crippen LogP contribution in [0.25, 0.3) is 16.9 Å². The molecule has 0 bridgehead atoms. The van der Waals surface area contributed by atoms with E-state index in [1.807, 2.05) is 23.0 Å². The maximum absolute atomic E-state index is 5.70. The lowest BCUT2D eigenvalue weighted by Gasteiger charge is -2.44. The number of nitrogens with zero attached hydrogens (tertiary/aromatic N) is 6. The summed E-state index contributed by atoms with van der Waals surface area (Å²) in [6, 6.07) is 11.2. The van der Waals surface area contributed by atoms with E-state index in [2.05, 4.69) is 55.4 Å². The van der Waals surface area contributed by atoms with E-state index in [4.69, 9.17) is 14.5 Å². The van der Waals surface area contributed by atoms with Gasteiger partial charge in [0.05, 0.1) is 31.6 Å². The molecule has 0 radical (unpaired) electrons. The molecule has 1 unspecified atom stereocenters. The fourth-order valence-corrected chi connectivity index (χ4v) is 5.41. The molecule has 3 aliphatic rings. The second kappa shape index (κ2) is 9.07. The first kappa shape index (κ1) is 21.6. The van der Waals surface area contributed by atoms with Crippen molar-refractivity contribution in [3.05, 3.63) is 60.7 Å². The van der Waals surface area contributed by atoms with Gasteiger partial charge in [0.25, 0.3) is 0 Å². The fraction of sp³-hybridized carbons (Fsp3) is 0.370. The van der Waals surface area contributed by atoms with E-state index in [1.165, 1.54) is 5.69 Å². The average molecular weight is 484 g/mol. The van der Waals surface area contributed by atoms with Gasteiger partial charge in [-0.1, -0.05) is 0 Å². The van der Waals surface area contributed by atoms with Crippen molar-refractivity contribution in [2.24, 2.45) is 0 Å². The Morgan fingerprint density at radius 2 is 1.97 bits per heavy atom. The highest BCUT2D eigenvalue weighted by molar-refractivity contribution is 5.74. The van der Waals surface area contributed by atoms with Gasteiger partial charge in [-0.05, 0) is 43.2 Å². The highest BCUT2D eigenvalue weighted by Gasteiger charge is 2.29. The summed E-state index contributed by atoms with van der Waals surface area (Å²) in [5.74, 6) is 1.46. The maximum atomic E-state index is 5.70. The summed E-state index contributed by atoms with van der Waals surface area (Å²) in [6.45, 7) is 6.60. The van der Waals surface area contributed by atoms with Gasteiger partial charge in [-0.2, -0.15) is 0 Å². The van der Waals surface area contributed by atoms with Crippen LogP contribution in [0.5, 0.6) is 5.88 Å². The van der Waals surface area contributed by atoms with Gasteiger partial charge in [0.1, 0.15) is 0 Å². The molecule has 2 fully saturated rings. The standard InChI is InChI=1S/C27H29N7O2/c1-2-19-14-20(15-29-27(19)36-12-1)24-17-34-8-7-28-26(34)25(31-24)30-21-3-5-22(6-4-21)33-10-9-32-11-13-35-18-23(32)16-33/h3-8,14-15,17,23H,1-2,9-13,16,18H2,(H,30,31). The van der Waals surface area contributed by atoms with Crippen LogP contribution in [0, 0.1) is 0 Å². The van der Waals surface area contributed by atoms with E-state index in [0.29, 0.717) is 11.9 Å². The van der Waals surface area contributed by atoms with E-state index in [9.17, 15) is 0 Å². The number of morpholine rings is 1. The van der Waals surface area contributed by atoms with Crippen molar-refractivity contribution in [2.75, 3.05) is 56.2 Å². The van der Waals surface area contributed by atoms with Gasteiger partial charge in [0, 0.05) is 73.5 Å². The zero-order valence-corrected chi connectivity index (χ0v) is 20.1. The molecular formula is C27H29N7O2. The largest absolute Gasteiger partial charge is 0.477 e. The number of hydrogen-bond acceptors (Lipinski definition) is 8. The van der Waals surface area contributed by atoms with Crippen LogP contribution in [0.4, 0.5) is 17.2 Å². The van der Waals surface area contributed by atoms with E-state index < -0.39 is 0 Å². The zero-order valence-electron chi connectivity index (χ0n) is 20.1. The Kier molecular flexibility index (Phi) is 5.44. The van der Waals surface area contributed by atoms with Crippen molar-refractivity contribution in [1.29, 1.82) is 0 Å². The van der Waals surface area contributed by atoms with Crippen LogP contribution in [0.15, 0.2) is 55.1 Å². The van der Waals surface area contributed by atoms with Crippen LogP contribution in [-0.2, 0) is 11.2 Å². The van der Waals surface area contributed by atoms with Gasteiger partial charge in [-0.25, -0.2) is 15.0 Å². The SMILES string of the molecule is c1cn2cc(-c3cnc4c(c3)CCCO4)nc(Nc3ccc(N4CCN5CCOCC5C4)cc3)c2n1. The average Bonchev–Trinajstić information content (AvgIpc) is 3.42. The normalized spacial score (nSPS) is 20.0. The van der Waals surface area contributed by atoms with Gasteiger partial charge in [0.2, 0.25) is 5.88 Å². The van der Waals surface area contributed by atoms with Crippen molar-refractivity contribution >= 4 is 22.8 Å². The highest BCUT2D eigenvalue weighted by atomic mass is 16.5. The number of aryl methyl sites for hydroxylation is 1. The summed E-state index contributed by atoms with van der Waals surface area (Å²) in [7, 11) is 0. The number of hydrogen-bond donors (Lipinski definition) is 1. The zero-order chi connectivity index (χ0) is 23.9. The first-order chi connectivity index (χ1) is 17.8. The lowest BCUT2D eigenvalue weighted by atomic mass is 10.1. The predicted octanol–water partition coefficient (Wildman–Crippen LogP) is 3.38. The van der Waals surface area contributed by atoms with Crippen LogP contribution >= 0.6 is 0 Å².